The summed E-state index contributed by atoms with van der Waals surface area (Å²) in [6, 6.07) is 0. The SMILES string of the molecule is C.C.CO[Si](C)(C)O[Si](C)(C)OC.CO[Si](C)(C)O[Si](C)(C)OC. The van der Waals surface area contributed by atoms with Gasteiger partial charge in [0.25, 0.3) is 0 Å². The van der Waals surface area contributed by atoms with Crippen LogP contribution in [0.15, 0.2) is 0 Å². The molecule has 0 aliphatic carbocycles. The first-order valence-electron chi connectivity index (χ1n) is 7.27. The monoisotopic (exact) mass is 420 g/mol. The summed E-state index contributed by atoms with van der Waals surface area (Å²) in [6.07, 6.45) is 0. The second kappa shape index (κ2) is 12.9. The molecule has 0 spiro atoms. The number of hydrogen-bond donors (Lipinski definition) is 0. The highest BCUT2D eigenvalue weighted by Gasteiger charge is 2.35. The van der Waals surface area contributed by atoms with Crippen LogP contribution in [-0.2, 0) is 25.9 Å². The quantitative estimate of drug-likeness (QED) is 0.532. The minimum atomic E-state index is -1.90. The van der Waals surface area contributed by atoms with Crippen LogP contribution in [0, 0.1) is 0 Å². The van der Waals surface area contributed by atoms with Crippen LogP contribution in [0.5, 0.6) is 0 Å². The largest absolute Gasteiger partial charge is 0.415 e. The summed E-state index contributed by atoms with van der Waals surface area (Å²) in [4.78, 5) is 0. The third-order valence-corrected chi connectivity index (χ3v) is 14.7. The molecule has 0 aromatic heterocycles. The molecule has 24 heavy (non-hydrogen) atoms. The topological polar surface area (TPSA) is 55.4 Å². The van der Waals surface area contributed by atoms with Gasteiger partial charge in [0.05, 0.1) is 0 Å². The second-order valence-electron chi connectivity index (χ2n) is 6.62. The van der Waals surface area contributed by atoms with Crippen molar-refractivity contribution in [3.63, 3.8) is 0 Å². The van der Waals surface area contributed by atoms with Crippen LogP contribution in [-0.4, -0.2) is 62.7 Å². The van der Waals surface area contributed by atoms with Gasteiger partial charge in [-0.2, -0.15) is 0 Å². The van der Waals surface area contributed by atoms with E-state index in [-0.39, 0.29) is 14.9 Å². The second-order valence-corrected chi connectivity index (χ2v) is 21.1. The van der Waals surface area contributed by atoms with Gasteiger partial charge >= 0.3 is 34.2 Å². The van der Waals surface area contributed by atoms with E-state index in [0.29, 0.717) is 0 Å². The van der Waals surface area contributed by atoms with Crippen molar-refractivity contribution in [2.45, 2.75) is 67.2 Å². The molecule has 0 heterocycles. The lowest BCUT2D eigenvalue weighted by molar-refractivity contribution is 0.250. The lowest BCUT2D eigenvalue weighted by Crippen LogP contribution is -2.47. The molecule has 0 aliphatic heterocycles. The van der Waals surface area contributed by atoms with E-state index < -0.39 is 34.2 Å². The molecule has 0 unspecified atom stereocenters. The molecule has 0 fully saturated rings. The highest BCUT2D eigenvalue weighted by molar-refractivity contribution is 6.79. The molecule has 0 aromatic carbocycles. The average molecular weight is 421 g/mol. The fourth-order valence-corrected chi connectivity index (χ4v) is 12.2. The molecule has 0 aromatic rings. The molecule has 0 rings (SSSR count). The summed E-state index contributed by atoms with van der Waals surface area (Å²) >= 11 is 0. The van der Waals surface area contributed by atoms with Crippen molar-refractivity contribution in [1.29, 1.82) is 0 Å². The molecular weight excluding hydrogens is 376 g/mol. The fraction of sp³-hybridized carbons (Fsp3) is 1.00. The summed E-state index contributed by atoms with van der Waals surface area (Å²) < 4.78 is 32.5. The first-order valence-corrected chi connectivity index (χ1v) is 18.5. The van der Waals surface area contributed by atoms with E-state index in [1.54, 1.807) is 28.4 Å². The molecule has 0 bridgehead atoms. The summed E-state index contributed by atoms with van der Waals surface area (Å²) in [5, 5.41) is 0. The molecule has 152 valence electrons. The number of hydrogen-bond acceptors (Lipinski definition) is 6. The van der Waals surface area contributed by atoms with Gasteiger partial charge in [0.15, 0.2) is 0 Å². The summed E-state index contributed by atoms with van der Waals surface area (Å²) in [5.41, 5.74) is 0. The van der Waals surface area contributed by atoms with Gasteiger partial charge in [-0.15, -0.1) is 0 Å². The standard InChI is InChI=1S/2C6H18O3Si2.2CH4/c2*1-7-10(3,4)9-11(5,6)8-2;;/h2*1-6H3;2*1H4. The van der Waals surface area contributed by atoms with E-state index in [2.05, 4.69) is 0 Å². The van der Waals surface area contributed by atoms with E-state index in [0.717, 1.165) is 0 Å². The van der Waals surface area contributed by atoms with Gasteiger partial charge in [-0.05, 0) is 52.4 Å². The predicted octanol–water partition coefficient (Wildman–Crippen LogP) is 4.67. The zero-order valence-corrected chi connectivity index (χ0v) is 20.4. The highest BCUT2D eigenvalue weighted by atomic mass is 28.5. The molecule has 10 heteroatoms. The highest BCUT2D eigenvalue weighted by Crippen LogP contribution is 2.15. The predicted molar refractivity (Wildman–Crippen MR) is 114 cm³/mol. The smallest absolute Gasteiger partial charge is 0.322 e. The lowest BCUT2D eigenvalue weighted by Gasteiger charge is -2.30. The minimum absolute atomic E-state index is 0. The summed E-state index contributed by atoms with van der Waals surface area (Å²) in [6.45, 7) is 16.1. The van der Waals surface area contributed by atoms with E-state index in [9.17, 15) is 0 Å². The maximum atomic E-state index is 5.76. The van der Waals surface area contributed by atoms with Crippen molar-refractivity contribution in [2.75, 3.05) is 28.4 Å². The van der Waals surface area contributed by atoms with Crippen LogP contribution in [0.2, 0.25) is 52.4 Å². The Labute approximate surface area is 156 Å². The molecule has 0 atom stereocenters. The van der Waals surface area contributed by atoms with Gasteiger partial charge in [-0.25, -0.2) is 0 Å². The van der Waals surface area contributed by atoms with Gasteiger partial charge in [0, 0.05) is 28.4 Å². The van der Waals surface area contributed by atoms with Crippen molar-refractivity contribution in [1.82, 2.24) is 0 Å². The van der Waals surface area contributed by atoms with Gasteiger partial charge in [-0.3, -0.25) is 0 Å². The zero-order chi connectivity index (χ0) is 18.2. The molecule has 0 saturated carbocycles. The molecule has 0 saturated heterocycles. The molecular formula is C14H44O6Si4. The molecule has 0 aliphatic rings. The van der Waals surface area contributed by atoms with Crippen molar-refractivity contribution in [3.8, 4) is 0 Å². The van der Waals surface area contributed by atoms with Crippen LogP contribution < -0.4 is 0 Å². The average Bonchev–Trinajstić information content (AvgIpc) is 2.37. The minimum Gasteiger partial charge on any atom is -0.415 e. The zero-order valence-electron chi connectivity index (χ0n) is 16.4. The Kier molecular flexibility index (Phi) is 17.4. The fourth-order valence-electron chi connectivity index (χ4n) is 1.35. The van der Waals surface area contributed by atoms with Crippen molar-refractivity contribution in [3.05, 3.63) is 0 Å². The van der Waals surface area contributed by atoms with Gasteiger partial charge < -0.3 is 25.9 Å². The third-order valence-electron chi connectivity index (χ3n) is 2.95. The van der Waals surface area contributed by atoms with Crippen LogP contribution in [0.1, 0.15) is 14.9 Å². The van der Waals surface area contributed by atoms with Crippen LogP contribution in [0.25, 0.3) is 0 Å². The Morgan fingerprint density at radius 2 is 0.500 bits per heavy atom. The molecule has 0 amide bonds. The Morgan fingerprint density at radius 1 is 0.375 bits per heavy atom. The van der Waals surface area contributed by atoms with E-state index >= 15 is 0 Å². The van der Waals surface area contributed by atoms with E-state index in [1.807, 2.05) is 52.4 Å². The maximum absolute atomic E-state index is 5.76. The third kappa shape index (κ3) is 17.5. The Morgan fingerprint density at radius 3 is 0.583 bits per heavy atom. The molecule has 0 radical (unpaired) electrons. The van der Waals surface area contributed by atoms with Crippen LogP contribution in [0.4, 0.5) is 0 Å². The van der Waals surface area contributed by atoms with Crippen LogP contribution in [0.3, 0.4) is 0 Å². The van der Waals surface area contributed by atoms with Crippen molar-refractivity contribution in [2.24, 2.45) is 0 Å². The van der Waals surface area contributed by atoms with Gasteiger partial charge in [0.2, 0.25) is 0 Å². The van der Waals surface area contributed by atoms with Gasteiger partial charge in [-0.1, -0.05) is 14.9 Å². The Balaban J connectivity index is -0.000000154. The first-order chi connectivity index (χ1) is 9.66. The van der Waals surface area contributed by atoms with Crippen molar-refractivity contribution < 1.29 is 25.9 Å². The van der Waals surface area contributed by atoms with Crippen LogP contribution >= 0.6 is 0 Å². The summed E-state index contributed by atoms with van der Waals surface area (Å²) in [5.74, 6) is 0. The van der Waals surface area contributed by atoms with E-state index in [1.165, 1.54) is 0 Å². The normalized spacial score (nSPS) is 12.5. The number of rotatable bonds is 8. The maximum Gasteiger partial charge on any atom is 0.322 e. The Bertz CT molecular complexity index is 254. The molecule has 0 N–H and O–H groups in total. The van der Waals surface area contributed by atoms with E-state index in [4.69, 9.17) is 25.9 Å². The van der Waals surface area contributed by atoms with Gasteiger partial charge in [0.1, 0.15) is 0 Å². The Hall–Kier alpha value is 0.628. The first kappa shape index (κ1) is 32.3. The van der Waals surface area contributed by atoms with Crippen molar-refractivity contribution >= 4 is 34.2 Å². The summed E-state index contributed by atoms with van der Waals surface area (Å²) in [7, 11) is -0.840. The molecule has 6 nitrogen and oxygen atoms in total. The lowest BCUT2D eigenvalue weighted by atomic mass is 11.8.